The number of halogens is 1. The molecule has 7 heteroatoms. The second kappa shape index (κ2) is 12.0. The van der Waals surface area contributed by atoms with Crippen molar-refractivity contribution >= 4 is 24.1 Å². The minimum atomic E-state index is -0.250. The number of nitrogens with zero attached hydrogens (tertiary/aromatic N) is 2. The quantitative estimate of drug-likeness (QED) is 0.793. The highest BCUT2D eigenvalue weighted by molar-refractivity contribution is 7.99. The number of hydrogen-bond acceptors (Lipinski definition) is 4. The van der Waals surface area contributed by atoms with Gasteiger partial charge in [0.1, 0.15) is 5.82 Å². The second-order valence-electron chi connectivity index (χ2n) is 6.81. The molecule has 0 radical (unpaired) electrons. The predicted molar refractivity (Wildman–Crippen MR) is 107 cm³/mol. The van der Waals surface area contributed by atoms with Crippen LogP contribution in [0.2, 0.25) is 0 Å². The molecule has 0 saturated carbocycles. The lowest BCUT2D eigenvalue weighted by molar-refractivity contribution is -0.131. The molecular formula is C20H29FN2O3S. The number of carbonyl (C=O) groups excluding carboxylic acids is 1. The molecule has 2 aliphatic heterocycles. The molecule has 27 heavy (non-hydrogen) atoms. The van der Waals surface area contributed by atoms with Crippen molar-refractivity contribution in [3.63, 3.8) is 0 Å². The summed E-state index contributed by atoms with van der Waals surface area (Å²) in [7, 11) is 0. The summed E-state index contributed by atoms with van der Waals surface area (Å²) in [6, 6.07) is 7.46. The Labute approximate surface area is 164 Å². The van der Waals surface area contributed by atoms with Gasteiger partial charge in [0.2, 0.25) is 5.91 Å². The molecule has 0 aromatic heterocycles. The molecule has 0 atom stereocenters. The van der Waals surface area contributed by atoms with Gasteiger partial charge in [-0.05, 0) is 48.8 Å². The summed E-state index contributed by atoms with van der Waals surface area (Å²) < 4.78 is 13.7. The summed E-state index contributed by atoms with van der Waals surface area (Å²) in [6.45, 7) is 3.50. The fraction of sp³-hybridized carbons (Fsp3) is 0.600. The third-order valence-electron chi connectivity index (χ3n) is 5.16. The number of thioether (sulfide) groups is 1. The highest BCUT2D eigenvalue weighted by Gasteiger charge is 2.25. The third kappa shape index (κ3) is 7.14. The first-order valence-electron chi connectivity index (χ1n) is 9.56. The zero-order chi connectivity index (χ0) is 19.5. The van der Waals surface area contributed by atoms with Gasteiger partial charge in [0, 0.05) is 38.6 Å². The Kier molecular flexibility index (Phi) is 9.62. The largest absolute Gasteiger partial charge is 0.483 e. The molecule has 1 aromatic rings. The Balaban J connectivity index is 0.000000817. The monoisotopic (exact) mass is 396 g/mol. The molecular weight excluding hydrogens is 367 g/mol. The third-order valence-corrected chi connectivity index (χ3v) is 6.21. The average Bonchev–Trinajstić information content (AvgIpc) is 2.95. The summed E-state index contributed by atoms with van der Waals surface area (Å²) in [4.78, 5) is 25.4. The molecule has 0 bridgehead atoms. The second-order valence-corrected chi connectivity index (χ2v) is 8.04. The maximum Gasteiger partial charge on any atom is 0.290 e. The molecule has 0 aliphatic carbocycles. The molecule has 2 heterocycles. The number of rotatable bonds is 4. The first-order chi connectivity index (χ1) is 13.2. The molecule has 2 saturated heterocycles. The standard InChI is InChI=1S/C19H27FN2OS.CH2O2/c20-18-5-2-1-4-16(18)6-7-19(23)22-11-3-10-21(12-13-22)17-8-14-24-15-9-17;2-1-3/h1-2,4-5,17H,3,6-15H2;1H,(H,2,3). The summed E-state index contributed by atoms with van der Waals surface area (Å²) in [5, 5.41) is 6.89. The Bertz CT molecular complexity index is 596. The molecule has 1 aromatic carbocycles. The van der Waals surface area contributed by atoms with Crippen molar-refractivity contribution in [3.05, 3.63) is 35.6 Å². The number of hydrogen-bond donors (Lipinski definition) is 1. The van der Waals surface area contributed by atoms with Crippen LogP contribution >= 0.6 is 11.8 Å². The molecule has 2 aliphatic rings. The van der Waals surface area contributed by atoms with Crippen LogP contribution in [0.25, 0.3) is 0 Å². The van der Waals surface area contributed by atoms with Crippen molar-refractivity contribution in [3.8, 4) is 0 Å². The van der Waals surface area contributed by atoms with E-state index in [1.807, 2.05) is 11.0 Å². The van der Waals surface area contributed by atoms with E-state index in [0.29, 0.717) is 24.4 Å². The highest BCUT2D eigenvalue weighted by atomic mass is 32.2. The SMILES string of the molecule is O=C(CCc1ccccc1F)N1CCCN(C2CCSCC2)CC1.O=CO. The minimum absolute atomic E-state index is 0.166. The maximum absolute atomic E-state index is 13.7. The van der Waals surface area contributed by atoms with Crippen molar-refractivity contribution in [2.24, 2.45) is 0 Å². The Morgan fingerprint density at radius 3 is 2.59 bits per heavy atom. The molecule has 0 spiro atoms. The topological polar surface area (TPSA) is 60.9 Å². The van der Waals surface area contributed by atoms with Gasteiger partial charge in [-0.25, -0.2) is 4.39 Å². The summed E-state index contributed by atoms with van der Waals surface area (Å²) >= 11 is 2.06. The van der Waals surface area contributed by atoms with Gasteiger partial charge in [0.05, 0.1) is 0 Å². The predicted octanol–water partition coefficient (Wildman–Crippen LogP) is 2.89. The lowest BCUT2D eigenvalue weighted by Crippen LogP contribution is -2.41. The number of benzene rings is 1. The van der Waals surface area contributed by atoms with E-state index in [1.54, 1.807) is 12.1 Å². The average molecular weight is 397 g/mol. The van der Waals surface area contributed by atoms with Gasteiger partial charge in [-0.15, -0.1) is 0 Å². The van der Waals surface area contributed by atoms with Crippen LogP contribution in [0.3, 0.4) is 0 Å². The Hall–Kier alpha value is -1.60. The van der Waals surface area contributed by atoms with Crippen LogP contribution in [0.15, 0.2) is 24.3 Å². The van der Waals surface area contributed by atoms with E-state index >= 15 is 0 Å². The zero-order valence-electron chi connectivity index (χ0n) is 15.7. The molecule has 150 valence electrons. The van der Waals surface area contributed by atoms with Crippen LogP contribution in [-0.2, 0) is 16.0 Å². The maximum atomic E-state index is 13.7. The van der Waals surface area contributed by atoms with Crippen LogP contribution in [-0.4, -0.2) is 71.0 Å². The van der Waals surface area contributed by atoms with Gasteiger partial charge >= 0.3 is 0 Å². The fourth-order valence-corrected chi connectivity index (χ4v) is 4.78. The van der Waals surface area contributed by atoms with E-state index in [9.17, 15) is 9.18 Å². The van der Waals surface area contributed by atoms with E-state index < -0.39 is 0 Å². The molecule has 1 N–H and O–H groups in total. The van der Waals surface area contributed by atoms with Crippen molar-refractivity contribution in [1.82, 2.24) is 9.80 Å². The minimum Gasteiger partial charge on any atom is -0.483 e. The van der Waals surface area contributed by atoms with E-state index in [1.165, 1.54) is 30.4 Å². The lowest BCUT2D eigenvalue weighted by Gasteiger charge is -2.33. The molecule has 3 rings (SSSR count). The Morgan fingerprint density at radius 2 is 1.89 bits per heavy atom. The van der Waals surface area contributed by atoms with E-state index in [2.05, 4.69) is 16.7 Å². The number of carboxylic acid groups (broad SMARTS) is 1. The van der Waals surface area contributed by atoms with Crippen LogP contribution in [0.1, 0.15) is 31.2 Å². The van der Waals surface area contributed by atoms with Gasteiger partial charge < -0.3 is 10.0 Å². The normalized spacial score (nSPS) is 18.9. The van der Waals surface area contributed by atoms with Gasteiger partial charge in [-0.3, -0.25) is 14.5 Å². The van der Waals surface area contributed by atoms with Crippen LogP contribution in [0.5, 0.6) is 0 Å². The van der Waals surface area contributed by atoms with Crippen molar-refractivity contribution in [2.75, 3.05) is 37.7 Å². The van der Waals surface area contributed by atoms with Gasteiger partial charge in [0.25, 0.3) is 6.47 Å². The number of carbonyl (C=O) groups is 2. The van der Waals surface area contributed by atoms with Gasteiger partial charge in [0.15, 0.2) is 0 Å². The fourth-order valence-electron chi connectivity index (χ4n) is 3.70. The van der Waals surface area contributed by atoms with Crippen molar-refractivity contribution < 1.29 is 19.1 Å². The summed E-state index contributed by atoms with van der Waals surface area (Å²) in [5.74, 6) is 2.50. The smallest absolute Gasteiger partial charge is 0.290 e. The summed E-state index contributed by atoms with van der Waals surface area (Å²) in [5.41, 5.74) is 0.641. The first-order valence-corrected chi connectivity index (χ1v) is 10.7. The van der Waals surface area contributed by atoms with E-state index in [4.69, 9.17) is 9.90 Å². The molecule has 5 nitrogen and oxygen atoms in total. The van der Waals surface area contributed by atoms with Crippen LogP contribution < -0.4 is 0 Å². The van der Waals surface area contributed by atoms with Crippen molar-refractivity contribution in [2.45, 2.75) is 38.1 Å². The molecule has 0 unspecified atom stereocenters. The molecule has 1 amide bonds. The lowest BCUT2D eigenvalue weighted by atomic mass is 10.1. The van der Waals surface area contributed by atoms with Crippen LogP contribution in [0, 0.1) is 5.82 Å². The highest BCUT2D eigenvalue weighted by Crippen LogP contribution is 2.23. The van der Waals surface area contributed by atoms with E-state index in [0.717, 1.165) is 32.6 Å². The summed E-state index contributed by atoms with van der Waals surface area (Å²) in [6.07, 6.45) is 4.51. The number of aryl methyl sites for hydroxylation is 1. The van der Waals surface area contributed by atoms with Gasteiger partial charge in [-0.1, -0.05) is 18.2 Å². The zero-order valence-corrected chi connectivity index (χ0v) is 16.5. The molecule has 2 fully saturated rings. The van der Waals surface area contributed by atoms with E-state index in [-0.39, 0.29) is 18.2 Å². The first kappa shape index (κ1) is 21.7. The number of amides is 1. The van der Waals surface area contributed by atoms with Crippen molar-refractivity contribution in [1.29, 1.82) is 0 Å². The van der Waals surface area contributed by atoms with Gasteiger partial charge in [-0.2, -0.15) is 11.8 Å². The van der Waals surface area contributed by atoms with Crippen LogP contribution in [0.4, 0.5) is 4.39 Å². The Morgan fingerprint density at radius 1 is 1.19 bits per heavy atom.